The van der Waals surface area contributed by atoms with Crippen molar-refractivity contribution in [2.45, 2.75) is 0 Å². The first-order valence-electron chi connectivity index (χ1n) is 4.39. The standard InChI is InChI=1S/C10H13NO4/c1-15-10-6-8(14)2-3-9(10)11(7-13)4-5-12/h2-3,5-6,13-14H,4,7H2,1H3. The van der Waals surface area contributed by atoms with Gasteiger partial charge in [-0.25, -0.2) is 0 Å². The Morgan fingerprint density at radius 2 is 2.27 bits per heavy atom. The summed E-state index contributed by atoms with van der Waals surface area (Å²) in [5.74, 6) is 0.477. The number of aromatic hydroxyl groups is 1. The number of hydrogen-bond acceptors (Lipinski definition) is 5. The predicted molar refractivity (Wildman–Crippen MR) is 55.2 cm³/mol. The number of aliphatic hydroxyl groups excluding tert-OH is 1. The molecule has 0 aromatic heterocycles. The number of benzene rings is 1. The van der Waals surface area contributed by atoms with Gasteiger partial charge in [-0.2, -0.15) is 0 Å². The lowest BCUT2D eigenvalue weighted by Crippen LogP contribution is -2.26. The third-order valence-electron chi connectivity index (χ3n) is 1.97. The molecule has 0 unspecified atom stereocenters. The van der Waals surface area contributed by atoms with Gasteiger partial charge in [-0.05, 0) is 12.1 Å². The lowest BCUT2D eigenvalue weighted by Gasteiger charge is -2.21. The number of aliphatic hydroxyl groups is 1. The Morgan fingerprint density at radius 3 is 2.80 bits per heavy atom. The zero-order valence-electron chi connectivity index (χ0n) is 8.38. The molecule has 0 aliphatic carbocycles. The highest BCUT2D eigenvalue weighted by molar-refractivity contribution is 5.66. The number of rotatable bonds is 5. The van der Waals surface area contributed by atoms with Gasteiger partial charge in [-0.15, -0.1) is 0 Å². The fourth-order valence-corrected chi connectivity index (χ4v) is 1.25. The predicted octanol–water partition coefficient (Wildman–Crippen LogP) is 0.356. The summed E-state index contributed by atoms with van der Waals surface area (Å²) < 4.78 is 5.03. The second kappa shape index (κ2) is 5.21. The van der Waals surface area contributed by atoms with Crippen LogP contribution in [0.15, 0.2) is 18.2 Å². The molecule has 0 saturated heterocycles. The number of nitrogens with zero attached hydrogens (tertiary/aromatic N) is 1. The third-order valence-corrected chi connectivity index (χ3v) is 1.97. The van der Waals surface area contributed by atoms with Gasteiger partial charge >= 0.3 is 0 Å². The molecule has 0 aliphatic heterocycles. The molecule has 2 N–H and O–H groups in total. The van der Waals surface area contributed by atoms with Gasteiger partial charge in [-0.1, -0.05) is 0 Å². The summed E-state index contributed by atoms with van der Waals surface area (Å²) in [5.41, 5.74) is 0.560. The molecule has 1 aromatic rings. The summed E-state index contributed by atoms with van der Waals surface area (Å²) in [6.07, 6.45) is 0.683. The Balaban J connectivity index is 3.04. The first-order valence-corrected chi connectivity index (χ1v) is 4.39. The Hall–Kier alpha value is -1.75. The molecule has 15 heavy (non-hydrogen) atoms. The van der Waals surface area contributed by atoms with Gasteiger partial charge in [0.25, 0.3) is 0 Å². The minimum atomic E-state index is -0.292. The van der Waals surface area contributed by atoms with E-state index in [9.17, 15) is 9.90 Å². The summed E-state index contributed by atoms with van der Waals surface area (Å²) in [6, 6.07) is 4.46. The monoisotopic (exact) mass is 211 g/mol. The van der Waals surface area contributed by atoms with Gasteiger partial charge < -0.3 is 24.6 Å². The van der Waals surface area contributed by atoms with Crippen molar-refractivity contribution < 1.29 is 19.7 Å². The fraction of sp³-hybridized carbons (Fsp3) is 0.300. The second-order valence-corrected chi connectivity index (χ2v) is 2.89. The molecule has 0 saturated carbocycles. The van der Waals surface area contributed by atoms with Crippen LogP contribution in [0.2, 0.25) is 0 Å². The number of hydrogen-bond donors (Lipinski definition) is 2. The summed E-state index contributed by atoms with van der Waals surface area (Å²) in [6.45, 7) is -0.225. The Kier molecular flexibility index (Phi) is 3.93. The molecular formula is C10H13NO4. The SMILES string of the molecule is COc1cc(O)ccc1N(CO)CC=O. The van der Waals surface area contributed by atoms with E-state index in [2.05, 4.69) is 0 Å². The zero-order chi connectivity index (χ0) is 11.3. The van der Waals surface area contributed by atoms with Crippen LogP contribution >= 0.6 is 0 Å². The molecule has 0 amide bonds. The Bertz CT molecular complexity index is 340. The van der Waals surface area contributed by atoms with Gasteiger partial charge in [0.2, 0.25) is 0 Å². The van der Waals surface area contributed by atoms with Gasteiger partial charge in [0.15, 0.2) is 0 Å². The maximum absolute atomic E-state index is 10.4. The summed E-state index contributed by atoms with van der Waals surface area (Å²) in [5, 5.41) is 18.3. The molecule has 1 rings (SSSR count). The minimum Gasteiger partial charge on any atom is -0.508 e. The van der Waals surface area contributed by atoms with Crippen molar-refractivity contribution in [2.75, 3.05) is 25.3 Å². The van der Waals surface area contributed by atoms with Gasteiger partial charge in [-0.3, -0.25) is 0 Å². The van der Waals surface area contributed by atoms with E-state index in [-0.39, 0.29) is 19.0 Å². The van der Waals surface area contributed by atoms with Crippen molar-refractivity contribution in [2.24, 2.45) is 0 Å². The lowest BCUT2D eigenvalue weighted by molar-refractivity contribution is -0.106. The van der Waals surface area contributed by atoms with E-state index in [1.54, 1.807) is 6.07 Å². The van der Waals surface area contributed by atoms with Crippen LogP contribution in [0.5, 0.6) is 11.5 Å². The van der Waals surface area contributed by atoms with Crippen molar-refractivity contribution in [3.8, 4) is 11.5 Å². The maximum Gasteiger partial charge on any atom is 0.145 e. The van der Waals surface area contributed by atoms with Gasteiger partial charge in [0.05, 0.1) is 19.3 Å². The normalized spacial score (nSPS) is 9.73. The van der Waals surface area contributed by atoms with Crippen molar-refractivity contribution in [1.29, 1.82) is 0 Å². The highest BCUT2D eigenvalue weighted by Gasteiger charge is 2.11. The first-order chi connectivity index (χ1) is 7.22. The van der Waals surface area contributed by atoms with Crippen LogP contribution in [-0.2, 0) is 4.79 Å². The number of phenolic OH excluding ortho intramolecular Hbond substituents is 1. The van der Waals surface area contributed by atoms with Crippen molar-refractivity contribution >= 4 is 12.0 Å². The van der Waals surface area contributed by atoms with Gasteiger partial charge in [0.1, 0.15) is 24.5 Å². The zero-order valence-corrected chi connectivity index (χ0v) is 8.38. The topological polar surface area (TPSA) is 70.0 Å². The van der Waals surface area contributed by atoms with Crippen molar-refractivity contribution in [1.82, 2.24) is 0 Å². The van der Waals surface area contributed by atoms with Crippen LogP contribution in [0.3, 0.4) is 0 Å². The molecule has 82 valence electrons. The number of aldehydes is 1. The van der Waals surface area contributed by atoms with Crippen molar-refractivity contribution in [3.05, 3.63) is 18.2 Å². The minimum absolute atomic E-state index is 0.0671. The van der Waals surface area contributed by atoms with E-state index in [4.69, 9.17) is 9.84 Å². The number of methoxy groups -OCH3 is 1. The smallest absolute Gasteiger partial charge is 0.145 e. The lowest BCUT2D eigenvalue weighted by atomic mass is 10.2. The molecule has 0 aliphatic rings. The van der Waals surface area contributed by atoms with E-state index in [1.165, 1.54) is 24.1 Å². The Morgan fingerprint density at radius 1 is 1.53 bits per heavy atom. The van der Waals surface area contributed by atoms with Crippen LogP contribution in [-0.4, -0.2) is 36.9 Å². The number of ether oxygens (including phenoxy) is 1. The highest BCUT2D eigenvalue weighted by Crippen LogP contribution is 2.31. The summed E-state index contributed by atoms with van der Waals surface area (Å²) in [7, 11) is 1.45. The van der Waals surface area contributed by atoms with E-state index >= 15 is 0 Å². The first kappa shape index (κ1) is 11.3. The molecule has 0 fully saturated rings. The molecule has 5 heteroatoms. The number of carbonyl (C=O) groups excluding carboxylic acids is 1. The average molecular weight is 211 g/mol. The molecule has 0 atom stereocenters. The van der Waals surface area contributed by atoms with Crippen LogP contribution in [0.1, 0.15) is 0 Å². The number of phenols is 1. The molecule has 0 spiro atoms. The van der Waals surface area contributed by atoms with E-state index in [1.807, 2.05) is 0 Å². The van der Waals surface area contributed by atoms with E-state index < -0.39 is 0 Å². The Labute approximate surface area is 87.5 Å². The molecule has 0 radical (unpaired) electrons. The summed E-state index contributed by atoms with van der Waals surface area (Å²) in [4.78, 5) is 11.8. The van der Waals surface area contributed by atoms with Crippen LogP contribution in [0, 0.1) is 0 Å². The van der Waals surface area contributed by atoms with E-state index in [0.29, 0.717) is 17.7 Å². The maximum atomic E-state index is 10.4. The molecular weight excluding hydrogens is 198 g/mol. The molecule has 1 aromatic carbocycles. The molecule has 0 bridgehead atoms. The van der Waals surface area contributed by atoms with Crippen LogP contribution < -0.4 is 9.64 Å². The number of carbonyl (C=O) groups is 1. The third kappa shape index (κ3) is 2.60. The van der Waals surface area contributed by atoms with E-state index in [0.717, 1.165) is 0 Å². The number of anilines is 1. The van der Waals surface area contributed by atoms with Crippen LogP contribution in [0.4, 0.5) is 5.69 Å². The fourth-order valence-electron chi connectivity index (χ4n) is 1.25. The quantitative estimate of drug-likeness (QED) is 0.543. The van der Waals surface area contributed by atoms with Gasteiger partial charge in [0, 0.05) is 6.07 Å². The summed E-state index contributed by atoms with van der Waals surface area (Å²) >= 11 is 0. The second-order valence-electron chi connectivity index (χ2n) is 2.89. The molecule has 0 heterocycles. The van der Waals surface area contributed by atoms with Crippen LogP contribution in [0.25, 0.3) is 0 Å². The molecule has 5 nitrogen and oxygen atoms in total. The highest BCUT2D eigenvalue weighted by atomic mass is 16.5. The average Bonchev–Trinajstić information content (AvgIpc) is 2.26. The van der Waals surface area contributed by atoms with Crippen molar-refractivity contribution in [3.63, 3.8) is 0 Å². The largest absolute Gasteiger partial charge is 0.508 e.